The summed E-state index contributed by atoms with van der Waals surface area (Å²) in [5, 5.41) is 1.16. The fraction of sp³-hybridized carbons (Fsp3) is 0.348. The second kappa shape index (κ2) is 7.69. The number of amides is 2. The summed E-state index contributed by atoms with van der Waals surface area (Å²) >= 11 is 1.76. The molecule has 3 aromatic rings. The molecule has 3 heterocycles. The van der Waals surface area contributed by atoms with Crippen LogP contribution in [-0.2, 0) is 9.59 Å². The SMILES string of the molecule is O=C1C[C@H](c2ccccc2)C(=O)N1CN1CCC[C@H](c2nc3ccccc3s2)C1. The summed E-state index contributed by atoms with van der Waals surface area (Å²) < 4.78 is 1.22. The van der Waals surface area contributed by atoms with Crippen LogP contribution in [0.4, 0.5) is 0 Å². The highest BCUT2D eigenvalue weighted by molar-refractivity contribution is 7.18. The molecule has 2 saturated heterocycles. The zero-order valence-corrected chi connectivity index (χ0v) is 17.0. The summed E-state index contributed by atoms with van der Waals surface area (Å²) in [4.78, 5) is 34.0. The first kappa shape index (κ1) is 18.5. The Kier molecular flexibility index (Phi) is 4.89. The topological polar surface area (TPSA) is 53.5 Å². The van der Waals surface area contributed by atoms with Crippen molar-refractivity contribution in [3.8, 4) is 0 Å². The number of para-hydroxylation sites is 1. The number of benzene rings is 2. The molecule has 148 valence electrons. The van der Waals surface area contributed by atoms with Crippen molar-refractivity contribution in [2.24, 2.45) is 0 Å². The van der Waals surface area contributed by atoms with E-state index in [9.17, 15) is 9.59 Å². The molecule has 2 aliphatic heterocycles. The van der Waals surface area contributed by atoms with Crippen LogP contribution in [0.2, 0.25) is 0 Å². The molecule has 29 heavy (non-hydrogen) atoms. The van der Waals surface area contributed by atoms with E-state index in [1.165, 1.54) is 9.60 Å². The van der Waals surface area contributed by atoms with Crippen LogP contribution in [0.25, 0.3) is 10.2 Å². The van der Waals surface area contributed by atoms with Crippen molar-refractivity contribution in [2.45, 2.75) is 31.1 Å². The number of hydrogen-bond acceptors (Lipinski definition) is 5. The summed E-state index contributed by atoms with van der Waals surface area (Å²) in [7, 11) is 0. The third-order valence-corrected chi connectivity index (χ3v) is 7.15. The Morgan fingerprint density at radius 3 is 2.66 bits per heavy atom. The Morgan fingerprint density at radius 2 is 1.83 bits per heavy atom. The van der Waals surface area contributed by atoms with Crippen LogP contribution in [0.3, 0.4) is 0 Å². The number of fused-ring (bicyclic) bond motifs is 1. The van der Waals surface area contributed by atoms with Crippen molar-refractivity contribution in [1.82, 2.24) is 14.8 Å². The highest BCUT2D eigenvalue weighted by Gasteiger charge is 2.40. The first-order valence-electron chi connectivity index (χ1n) is 10.2. The molecule has 0 N–H and O–H groups in total. The zero-order valence-electron chi connectivity index (χ0n) is 16.2. The van der Waals surface area contributed by atoms with Crippen molar-refractivity contribution in [2.75, 3.05) is 19.8 Å². The Bertz CT molecular complexity index is 1020. The van der Waals surface area contributed by atoms with Gasteiger partial charge in [0, 0.05) is 18.9 Å². The van der Waals surface area contributed by atoms with Gasteiger partial charge in [0.1, 0.15) is 0 Å². The molecule has 2 aliphatic rings. The van der Waals surface area contributed by atoms with Crippen LogP contribution in [0.1, 0.15) is 41.7 Å². The zero-order chi connectivity index (χ0) is 19.8. The van der Waals surface area contributed by atoms with Gasteiger partial charge in [0.25, 0.3) is 0 Å². The van der Waals surface area contributed by atoms with Crippen molar-refractivity contribution < 1.29 is 9.59 Å². The van der Waals surface area contributed by atoms with E-state index < -0.39 is 0 Å². The molecule has 2 atom stereocenters. The fourth-order valence-electron chi connectivity index (χ4n) is 4.43. The van der Waals surface area contributed by atoms with Crippen molar-refractivity contribution in [3.05, 3.63) is 65.2 Å². The van der Waals surface area contributed by atoms with Gasteiger partial charge in [-0.25, -0.2) is 4.98 Å². The average Bonchev–Trinajstić information content (AvgIpc) is 3.31. The highest BCUT2D eigenvalue weighted by atomic mass is 32.1. The first-order valence-corrected chi connectivity index (χ1v) is 11.0. The molecular weight excluding hydrogens is 382 g/mol. The number of carbonyl (C=O) groups excluding carboxylic acids is 2. The van der Waals surface area contributed by atoms with Gasteiger partial charge in [0.05, 0.1) is 27.8 Å². The quantitative estimate of drug-likeness (QED) is 0.616. The number of hydrogen-bond donors (Lipinski definition) is 0. The number of nitrogens with zero attached hydrogens (tertiary/aromatic N) is 3. The minimum Gasteiger partial charge on any atom is -0.285 e. The number of thiazole rings is 1. The van der Waals surface area contributed by atoms with Gasteiger partial charge in [-0.2, -0.15) is 0 Å². The average molecular weight is 406 g/mol. The van der Waals surface area contributed by atoms with E-state index in [4.69, 9.17) is 4.98 Å². The Morgan fingerprint density at radius 1 is 1.03 bits per heavy atom. The lowest BCUT2D eigenvalue weighted by Gasteiger charge is -2.33. The van der Waals surface area contributed by atoms with E-state index in [1.807, 2.05) is 42.5 Å². The van der Waals surface area contributed by atoms with Crippen molar-refractivity contribution >= 4 is 33.4 Å². The maximum absolute atomic E-state index is 12.9. The Balaban J connectivity index is 1.29. The summed E-state index contributed by atoms with van der Waals surface area (Å²) in [6.07, 6.45) is 2.43. The largest absolute Gasteiger partial charge is 0.285 e. The summed E-state index contributed by atoms with van der Waals surface area (Å²) in [5.41, 5.74) is 1.99. The lowest BCUT2D eigenvalue weighted by Crippen LogP contribution is -2.45. The third-order valence-electron chi connectivity index (χ3n) is 5.95. The number of aromatic nitrogens is 1. The second-order valence-corrected chi connectivity index (χ2v) is 8.97. The summed E-state index contributed by atoms with van der Waals surface area (Å²) in [6, 6.07) is 17.9. The molecule has 0 bridgehead atoms. The van der Waals surface area contributed by atoms with Crippen LogP contribution in [0.5, 0.6) is 0 Å². The van der Waals surface area contributed by atoms with E-state index in [0.29, 0.717) is 12.6 Å². The van der Waals surface area contributed by atoms with E-state index in [1.54, 1.807) is 11.3 Å². The smallest absolute Gasteiger partial charge is 0.238 e. The second-order valence-electron chi connectivity index (χ2n) is 7.90. The van der Waals surface area contributed by atoms with Crippen LogP contribution in [-0.4, -0.2) is 46.4 Å². The standard InChI is InChI=1S/C23H23N3O2S/c27-21-13-18(16-7-2-1-3-8-16)23(28)26(21)15-25-12-6-9-17(14-25)22-24-19-10-4-5-11-20(19)29-22/h1-5,7-8,10-11,17-18H,6,9,12-15H2/t17-,18+/m0/s1. The van der Waals surface area contributed by atoms with E-state index in [-0.39, 0.29) is 24.2 Å². The monoisotopic (exact) mass is 405 g/mol. The van der Waals surface area contributed by atoms with Gasteiger partial charge in [-0.3, -0.25) is 19.4 Å². The lowest BCUT2D eigenvalue weighted by molar-refractivity contribution is -0.141. The normalized spacial score (nSPS) is 23.2. The highest BCUT2D eigenvalue weighted by Crippen LogP contribution is 2.34. The predicted octanol–water partition coefficient (Wildman–Crippen LogP) is 3.98. The Hall–Kier alpha value is -2.57. The molecule has 6 heteroatoms. The maximum atomic E-state index is 12.9. The molecule has 5 nitrogen and oxygen atoms in total. The van der Waals surface area contributed by atoms with Gasteiger partial charge in [-0.1, -0.05) is 42.5 Å². The minimum absolute atomic E-state index is 0.0639. The van der Waals surface area contributed by atoms with Crippen molar-refractivity contribution in [3.63, 3.8) is 0 Å². The van der Waals surface area contributed by atoms with E-state index in [0.717, 1.165) is 42.0 Å². The van der Waals surface area contributed by atoms with Crippen LogP contribution < -0.4 is 0 Å². The molecule has 0 spiro atoms. The predicted molar refractivity (Wildman–Crippen MR) is 114 cm³/mol. The molecule has 5 rings (SSSR count). The van der Waals surface area contributed by atoms with Gasteiger partial charge in [0.15, 0.2) is 0 Å². The molecule has 2 fully saturated rings. The maximum Gasteiger partial charge on any atom is 0.238 e. The van der Waals surface area contributed by atoms with Gasteiger partial charge in [-0.05, 0) is 37.1 Å². The number of likely N-dealkylation sites (tertiary alicyclic amines) is 2. The van der Waals surface area contributed by atoms with Gasteiger partial charge in [-0.15, -0.1) is 11.3 Å². The van der Waals surface area contributed by atoms with Gasteiger partial charge >= 0.3 is 0 Å². The number of carbonyl (C=O) groups is 2. The van der Waals surface area contributed by atoms with Crippen LogP contribution in [0.15, 0.2) is 54.6 Å². The first-order chi connectivity index (χ1) is 14.2. The molecular formula is C23H23N3O2S. The van der Waals surface area contributed by atoms with E-state index >= 15 is 0 Å². The van der Waals surface area contributed by atoms with Crippen molar-refractivity contribution in [1.29, 1.82) is 0 Å². The van der Waals surface area contributed by atoms with Crippen LogP contribution in [0, 0.1) is 0 Å². The Labute approximate surface area is 174 Å². The molecule has 1 aromatic heterocycles. The third kappa shape index (κ3) is 3.58. The lowest BCUT2D eigenvalue weighted by atomic mass is 9.98. The fourth-order valence-corrected chi connectivity index (χ4v) is 5.52. The summed E-state index contributed by atoms with van der Waals surface area (Å²) in [6.45, 7) is 2.14. The van der Waals surface area contributed by atoms with E-state index in [2.05, 4.69) is 17.0 Å². The molecule has 0 saturated carbocycles. The minimum atomic E-state index is -0.339. The van der Waals surface area contributed by atoms with Crippen LogP contribution >= 0.6 is 11.3 Å². The van der Waals surface area contributed by atoms with Gasteiger partial charge < -0.3 is 0 Å². The number of rotatable bonds is 4. The van der Waals surface area contributed by atoms with Gasteiger partial charge in [0.2, 0.25) is 11.8 Å². The molecule has 2 aromatic carbocycles. The summed E-state index contributed by atoms with van der Waals surface area (Å²) in [5.74, 6) is -0.110. The number of piperidine rings is 1. The molecule has 2 amide bonds. The molecule has 0 aliphatic carbocycles. The number of imide groups is 1. The molecule has 0 radical (unpaired) electrons. The molecule has 0 unspecified atom stereocenters.